The van der Waals surface area contributed by atoms with Crippen LogP contribution in [-0.4, -0.2) is 11.7 Å². The summed E-state index contributed by atoms with van der Waals surface area (Å²) in [6.45, 7) is 5.44. The van der Waals surface area contributed by atoms with E-state index in [4.69, 9.17) is 10.2 Å². The van der Waals surface area contributed by atoms with Gasteiger partial charge in [0.1, 0.15) is 11.5 Å². The smallest absolute Gasteiger partial charge is 0.123 e. The summed E-state index contributed by atoms with van der Waals surface area (Å²) >= 11 is 0. The minimum atomic E-state index is -0.172. The third-order valence-electron chi connectivity index (χ3n) is 3.18. The molecule has 3 N–H and O–H groups in total. The maximum atomic E-state index is 10.0. The van der Waals surface area contributed by atoms with Crippen molar-refractivity contribution in [2.75, 3.05) is 11.4 Å². The number of anilines is 1. The summed E-state index contributed by atoms with van der Waals surface area (Å²) < 4.78 is 5.36. The van der Waals surface area contributed by atoms with Crippen LogP contribution in [0.2, 0.25) is 0 Å². The first-order valence-electron chi connectivity index (χ1n) is 6.47. The van der Waals surface area contributed by atoms with Crippen molar-refractivity contribution < 1.29 is 9.52 Å². The van der Waals surface area contributed by atoms with Gasteiger partial charge in [0.2, 0.25) is 0 Å². The Morgan fingerprint density at radius 1 is 1.37 bits per heavy atom. The van der Waals surface area contributed by atoms with E-state index in [0.29, 0.717) is 6.54 Å². The molecule has 0 saturated carbocycles. The Morgan fingerprint density at radius 3 is 2.68 bits per heavy atom. The Morgan fingerprint density at radius 2 is 2.16 bits per heavy atom. The summed E-state index contributed by atoms with van der Waals surface area (Å²) in [5.74, 6) is 1.14. The van der Waals surface area contributed by atoms with Crippen molar-refractivity contribution in [3.05, 3.63) is 47.9 Å². The molecule has 0 aliphatic carbocycles. The summed E-state index contributed by atoms with van der Waals surface area (Å²) in [4.78, 5) is 2.13. The molecule has 1 atom stereocenters. The average molecular weight is 260 g/mol. The van der Waals surface area contributed by atoms with Gasteiger partial charge in [0.25, 0.3) is 0 Å². The highest BCUT2D eigenvalue weighted by atomic mass is 16.3. The largest absolute Gasteiger partial charge is 0.508 e. The van der Waals surface area contributed by atoms with Crippen molar-refractivity contribution in [2.24, 2.45) is 5.73 Å². The third kappa shape index (κ3) is 3.09. The van der Waals surface area contributed by atoms with Crippen LogP contribution in [0.3, 0.4) is 0 Å². The van der Waals surface area contributed by atoms with E-state index in [-0.39, 0.29) is 11.8 Å². The summed E-state index contributed by atoms with van der Waals surface area (Å²) in [6.07, 6.45) is 1.67. The molecule has 2 aromatic rings. The highest BCUT2D eigenvalue weighted by Crippen LogP contribution is 2.28. The van der Waals surface area contributed by atoms with Crippen LogP contribution in [0.4, 0.5) is 5.69 Å². The number of nitrogens with two attached hydrogens (primary N) is 1. The number of hydrogen-bond acceptors (Lipinski definition) is 4. The molecule has 19 heavy (non-hydrogen) atoms. The van der Waals surface area contributed by atoms with Crippen molar-refractivity contribution in [1.82, 2.24) is 0 Å². The van der Waals surface area contributed by atoms with Crippen LogP contribution in [-0.2, 0) is 6.54 Å². The second kappa shape index (κ2) is 5.80. The van der Waals surface area contributed by atoms with Crippen molar-refractivity contribution in [3.8, 4) is 5.75 Å². The van der Waals surface area contributed by atoms with Gasteiger partial charge in [-0.2, -0.15) is 0 Å². The van der Waals surface area contributed by atoms with Crippen molar-refractivity contribution >= 4 is 5.69 Å². The van der Waals surface area contributed by atoms with E-state index in [0.717, 1.165) is 23.6 Å². The Hall–Kier alpha value is -1.94. The van der Waals surface area contributed by atoms with Crippen LogP contribution in [0.5, 0.6) is 5.75 Å². The third-order valence-corrected chi connectivity index (χ3v) is 3.18. The van der Waals surface area contributed by atoms with Crippen molar-refractivity contribution in [2.45, 2.75) is 26.4 Å². The molecule has 1 aromatic carbocycles. The molecule has 1 aromatic heterocycles. The van der Waals surface area contributed by atoms with Crippen LogP contribution in [0.15, 0.2) is 41.0 Å². The molecule has 102 valence electrons. The number of phenolic OH excluding ortho intramolecular Hbond substituents is 1. The Labute approximate surface area is 113 Å². The van der Waals surface area contributed by atoms with Crippen molar-refractivity contribution in [3.63, 3.8) is 0 Å². The fraction of sp³-hybridized carbons (Fsp3) is 0.333. The molecular weight excluding hydrogens is 240 g/mol. The lowest BCUT2D eigenvalue weighted by Crippen LogP contribution is -2.21. The fourth-order valence-electron chi connectivity index (χ4n) is 2.09. The molecule has 0 spiro atoms. The number of rotatable bonds is 5. The van der Waals surface area contributed by atoms with Crippen molar-refractivity contribution in [1.29, 1.82) is 0 Å². The highest BCUT2D eigenvalue weighted by Gasteiger charge is 2.11. The van der Waals surface area contributed by atoms with Gasteiger partial charge in [-0.05, 0) is 32.0 Å². The lowest BCUT2D eigenvalue weighted by atomic mass is 10.1. The van der Waals surface area contributed by atoms with E-state index in [2.05, 4.69) is 11.8 Å². The number of nitrogens with zero attached hydrogens (tertiary/aromatic N) is 1. The van der Waals surface area contributed by atoms with Crippen LogP contribution in [0, 0.1) is 0 Å². The maximum absolute atomic E-state index is 10.0. The SMILES string of the molecule is CCN(Cc1ccco1)c1ccc(C(C)N)c(O)c1. The zero-order valence-corrected chi connectivity index (χ0v) is 11.3. The number of hydrogen-bond donors (Lipinski definition) is 2. The second-order valence-electron chi connectivity index (χ2n) is 4.63. The normalized spacial score (nSPS) is 12.4. The Balaban J connectivity index is 2.21. The number of phenols is 1. The lowest BCUT2D eigenvalue weighted by molar-refractivity contribution is 0.463. The monoisotopic (exact) mass is 260 g/mol. The minimum Gasteiger partial charge on any atom is -0.508 e. The topological polar surface area (TPSA) is 62.6 Å². The molecule has 0 bridgehead atoms. The van der Waals surface area contributed by atoms with Crippen LogP contribution < -0.4 is 10.6 Å². The van der Waals surface area contributed by atoms with E-state index in [9.17, 15) is 5.11 Å². The standard InChI is InChI=1S/C15H20N2O2/c1-3-17(10-13-5-4-8-19-13)12-6-7-14(11(2)16)15(18)9-12/h4-9,11,18H,3,10,16H2,1-2H3. The van der Waals surface area contributed by atoms with Gasteiger partial charge in [0.15, 0.2) is 0 Å². The Kier molecular flexibility index (Phi) is 4.12. The summed E-state index contributed by atoms with van der Waals surface area (Å²) in [5, 5.41) is 10.0. The van der Waals surface area contributed by atoms with Gasteiger partial charge in [-0.1, -0.05) is 6.07 Å². The minimum absolute atomic E-state index is 0.172. The molecule has 0 amide bonds. The number of aromatic hydroxyl groups is 1. The first-order valence-corrected chi connectivity index (χ1v) is 6.47. The molecule has 1 unspecified atom stereocenters. The van der Waals surface area contributed by atoms with Crippen LogP contribution in [0.1, 0.15) is 31.2 Å². The van der Waals surface area contributed by atoms with Crippen LogP contribution in [0.25, 0.3) is 0 Å². The molecule has 0 aliphatic heterocycles. The van der Waals surface area contributed by atoms with Gasteiger partial charge >= 0.3 is 0 Å². The second-order valence-corrected chi connectivity index (χ2v) is 4.63. The predicted octanol–water partition coefficient (Wildman–Crippen LogP) is 3.03. The fourth-order valence-corrected chi connectivity index (χ4v) is 2.09. The van der Waals surface area contributed by atoms with E-state index in [1.807, 2.05) is 31.2 Å². The zero-order chi connectivity index (χ0) is 13.8. The summed E-state index contributed by atoms with van der Waals surface area (Å²) in [6, 6.07) is 9.25. The van der Waals surface area contributed by atoms with E-state index in [1.54, 1.807) is 12.3 Å². The van der Waals surface area contributed by atoms with Gasteiger partial charge in [0.05, 0.1) is 12.8 Å². The molecule has 1 heterocycles. The summed E-state index contributed by atoms with van der Waals surface area (Å²) in [7, 11) is 0. The lowest BCUT2D eigenvalue weighted by Gasteiger charge is -2.23. The molecule has 4 nitrogen and oxygen atoms in total. The maximum Gasteiger partial charge on any atom is 0.123 e. The first-order chi connectivity index (χ1) is 9.11. The molecule has 0 saturated heterocycles. The van der Waals surface area contributed by atoms with Gasteiger partial charge < -0.3 is 20.2 Å². The van der Waals surface area contributed by atoms with Gasteiger partial charge in [-0.15, -0.1) is 0 Å². The molecule has 4 heteroatoms. The highest BCUT2D eigenvalue weighted by molar-refractivity contribution is 5.54. The van der Waals surface area contributed by atoms with E-state index >= 15 is 0 Å². The van der Waals surface area contributed by atoms with Crippen LogP contribution >= 0.6 is 0 Å². The Bertz CT molecular complexity index is 521. The molecular formula is C15H20N2O2. The average Bonchev–Trinajstić information content (AvgIpc) is 2.88. The molecule has 0 aliphatic rings. The molecule has 0 fully saturated rings. The molecule has 0 radical (unpaired) electrons. The van der Waals surface area contributed by atoms with Gasteiger partial charge in [-0.3, -0.25) is 0 Å². The van der Waals surface area contributed by atoms with E-state index < -0.39 is 0 Å². The zero-order valence-electron chi connectivity index (χ0n) is 11.3. The number of benzene rings is 1. The quantitative estimate of drug-likeness (QED) is 0.867. The molecule has 2 rings (SSSR count). The van der Waals surface area contributed by atoms with Gasteiger partial charge in [-0.25, -0.2) is 0 Å². The van der Waals surface area contributed by atoms with E-state index in [1.165, 1.54) is 0 Å². The first kappa shape index (κ1) is 13.5. The van der Waals surface area contributed by atoms with Gasteiger partial charge in [0, 0.05) is 29.9 Å². The summed E-state index contributed by atoms with van der Waals surface area (Å²) in [5.41, 5.74) is 7.52. The predicted molar refractivity (Wildman–Crippen MR) is 76.1 cm³/mol. The number of furan rings is 1.